The molecule has 0 bridgehead atoms. The van der Waals surface area contributed by atoms with Crippen LogP contribution in [0.25, 0.3) is 10.2 Å². The van der Waals surface area contributed by atoms with E-state index in [9.17, 15) is 14.4 Å². The quantitative estimate of drug-likeness (QED) is 0.346. The van der Waals surface area contributed by atoms with E-state index >= 15 is 0 Å². The second kappa shape index (κ2) is 11.3. The van der Waals surface area contributed by atoms with E-state index in [1.54, 1.807) is 39.2 Å². The summed E-state index contributed by atoms with van der Waals surface area (Å²) < 4.78 is 15.9. The van der Waals surface area contributed by atoms with Crippen molar-refractivity contribution in [2.75, 3.05) is 28.6 Å². The van der Waals surface area contributed by atoms with Crippen LogP contribution in [-0.4, -0.2) is 57.8 Å². The maximum absolute atomic E-state index is 13.6. The van der Waals surface area contributed by atoms with Crippen molar-refractivity contribution < 1.29 is 23.9 Å². The van der Waals surface area contributed by atoms with Gasteiger partial charge in [0.25, 0.3) is 5.91 Å². The molecule has 0 radical (unpaired) electrons. The molecule has 1 fully saturated rings. The Balaban J connectivity index is 1.51. The Bertz CT molecular complexity index is 1360. The molecule has 0 spiro atoms. The van der Waals surface area contributed by atoms with Crippen molar-refractivity contribution in [3.8, 4) is 0 Å². The lowest BCUT2D eigenvalue weighted by molar-refractivity contribution is 0.0499. The molecule has 210 valence electrons. The number of fused-ring (bicyclic) bond motifs is 1. The first-order chi connectivity index (χ1) is 18.3. The Labute approximate surface area is 235 Å². The van der Waals surface area contributed by atoms with Gasteiger partial charge >= 0.3 is 12.2 Å². The highest BCUT2D eigenvalue weighted by molar-refractivity contribution is 7.23. The van der Waals surface area contributed by atoms with Gasteiger partial charge in [0, 0.05) is 25.3 Å². The van der Waals surface area contributed by atoms with Crippen molar-refractivity contribution in [2.45, 2.75) is 71.6 Å². The molecule has 1 atom stereocenters. The number of amides is 3. The number of nitrogens with zero attached hydrogens (tertiary/aromatic N) is 3. The molecule has 1 saturated heterocycles. The van der Waals surface area contributed by atoms with Crippen molar-refractivity contribution in [1.82, 2.24) is 14.7 Å². The van der Waals surface area contributed by atoms with Crippen LogP contribution in [-0.2, 0) is 9.47 Å². The molecule has 13 heteroatoms. The summed E-state index contributed by atoms with van der Waals surface area (Å²) in [6, 6.07) is 3.51. The second-order valence-corrected chi connectivity index (χ2v) is 13.0. The number of alkyl carbamates (subject to hydrolysis) is 1. The minimum Gasteiger partial charge on any atom is -0.444 e. The predicted octanol–water partition coefficient (Wildman–Crippen LogP) is 5.85. The van der Waals surface area contributed by atoms with Crippen LogP contribution in [0.4, 0.5) is 25.3 Å². The van der Waals surface area contributed by atoms with Crippen LogP contribution in [0.5, 0.6) is 0 Å². The summed E-state index contributed by atoms with van der Waals surface area (Å²) in [5, 5.41) is 9.76. The fourth-order valence-electron chi connectivity index (χ4n) is 4.11. The number of anilines is 3. The minimum absolute atomic E-state index is 0.103. The van der Waals surface area contributed by atoms with Crippen molar-refractivity contribution in [3.63, 3.8) is 0 Å². The second-order valence-electron chi connectivity index (χ2n) is 11.2. The van der Waals surface area contributed by atoms with Gasteiger partial charge in [-0.05, 0) is 78.0 Å². The van der Waals surface area contributed by atoms with Crippen molar-refractivity contribution >= 4 is 66.9 Å². The van der Waals surface area contributed by atoms with Gasteiger partial charge in [-0.15, -0.1) is 11.3 Å². The van der Waals surface area contributed by atoms with Crippen molar-refractivity contribution in [3.05, 3.63) is 30.1 Å². The molecule has 4 rings (SSSR count). The van der Waals surface area contributed by atoms with Crippen LogP contribution < -0.4 is 20.9 Å². The molecule has 0 aromatic carbocycles. The van der Waals surface area contributed by atoms with E-state index in [4.69, 9.17) is 9.47 Å². The Hall–Kier alpha value is -3.45. The average Bonchev–Trinajstić information content (AvgIpc) is 3.40. The first kappa shape index (κ1) is 28.6. The zero-order valence-corrected chi connectivity index (χ0v) is 24.5. The van der Waals surface area contributed by atoms with E-state index in [1.165, 1.54) is 22.9 Å². The molecule has 4 heterocycles. The number of rotatable bonds is 5. The normalized spacial score (nSPS) is 16.1. The summed E-state index contributed by atoms with van der Waals surface area (Å²) in [5.74, 6) is -0.423. The number of ether oxygens (including phenoxy) is 2. The summed E-state index contributed by atoms with van der Waals surface area (Å²) in [7, 11) is 0. The number of hydrogen-bond donors (Lipinski definition) is 3. The van der Waals surface area contributed by atoms with Gasteiger partial charge in [-0.2, -0.15) is 4.37 Å². The van der Waals surface area contributed by atoms with E-state index in [0.717, 1.165) is 29.1 Å². The Kier molecular flexibility index (Phi) is 8.31. The first-order valence-corrected chi connectivity index (χ1v) is 14.3. The van der Waals surface area contributed by atoms with Crippen LogP contribution in [0, 0.1) is 0 Å². The van der Waals surface area contributed by atoms with Gasteiger partial charge in [-0.1, -0.05) is 0 Å². The standard InChI is InChI=1S/C26H34N6O5S2/c1-25(2,3)36-23(34)29-15-9-8-12-32(14-15)22-16(13-28-39-22)30-20(33)18-19-17(10-7-11-27-19)38-21(18)31-24(35)37-26(4,5)6/h7,10-11,13,15H,8-9,12,14H2,1-6H3,(H,29,34)(H,30,33)(H,31,35)/t15-/m0/s1. The number of carbonyl (C=O) groups excluding carboxylic acids is 3. The van der Waals surface area contributed by atoms with Gasteiger partial charge in [0.05, 0.1) is 22.1 Å². The average molecular weight is 575 g/mol. The first-order valence-electron chi connectivity index (χ1n) is 12.7. The number of aromatic nitrogens is 2. The fourth-order valence-corrected chi connectivity index (χ4v) is 5.89. The Morgan fingerprint density at radius 3 is 2.49 bits per heavy atom. The maximum Gasteiger partial charge on any atom is 0.412 e. The number of carbonyl (C=O) groups is 3. The third-order valence-corrected chi connectivity index (χ3v) is 7.44. The molecule has 0 unspecified atom stereocenters. The molecule has 11 nitrogen and oxygen atoms in total. The summed E-state index contributed by atoms with van der Waals surface area (Å²) in [5.41, 5.74) is 0.00734. The molecule has 0 saturated carbocycles. The molecular weight excluding hydrogens is 540 g/mol. The maximum atomic E-state index is 13.6. The summed E-state index contributed by atoms with van der Waals surface area (Å²) in [6.45, 7) is 12.1. The van der Waals surface area contributed by atoms with Gasteiger partial charge in [-0.25, -0.2) is 9.59 Å². The van der Waals surface area contributed by atoms with Gasteiger partial charge in [0.1, 0.15) is 26.8 Å². The van der Waals surface area contributed by atoms with Crippen LogP contribution >= 0.6 is 22.9 Å². The van der Waals surface area contributed by atoms with E-state index in [0.29, 0.717) is 22.7 Å². The summed E-state index contributed by atoms with van der Waals surface area (Å²) >= 11 is 2.52. The van der Waals surface area contributed by atoms with Crippen LogP contribution in [0.15, 0.2) is 24.5 Å². The fraction of sp³-hybridized carbons (Fsp3) is 0.500. The van der Waals surface area contributed by atoms with Crippen LogP contribution in [0.2, 0.25) is 0 Å². The number of piperidine rings is 1. The third kappa shape index (κ3) is 7.57. The zero-order valence-electron chi connectivity index (χ0n) is 22.9. The van der Waals surface area contributed by atoms with Crippen molar-refractivity contribution in [1.29, 1.82) is 0 Å². The monoisotopic (exact) mass is 574 g/mol. The molecule has 3 aromatic rings. The highest BCUT2D eigenvalue weighted by Crippen LogP contribution is 2.37. The van der Waals surface area contributed by atoms with E-state index < -0.39 is 29.3 Å². The molecule has 1 aliphatic rings. The lowest BCUT2D eigenvalue weighted by Gasteiger charge is -2.34. The number of nitrogens with one attached hydrogen (secondary N) is 3. The lowest BCUT2D eigenvalue weighted by atomic mass is 10.1. The summed E-state index contributed by atoms with van der Waals surface area (Å²) in [6.07, 6.45) is 3.78. The largest absolute Gasteiger partial charge is 0.444 e. The highest BCUT2D eigenvalue weighted by Gasteiger charge is 2.29. The van der Waals surface area contributed by atoms with Gasteiger partial charge < -0.3 is 25.0 Å². The predicted molar refractivity (Wildman–Crippen MR) is 154 cm³/mol. The van der Waals surface area contributed by atoms with Gasteiger partial charge in [0.15, 0.2) is 0 Å². The number of pyridine rings is 1. The Morgan fingerprint density at radius 2 is 1.77 bits per heavy atom. The zero-order chi connectivity index (χ0) is 28.4. The van der Waals surface area contributed by atoms with Crippen molar-refractivity contribution in [2.24, 2.45) is 0 Å². The third-order valence-electron chi connectivity index (χ3n) is 5.52. The molecule has 0 aliphatic carbocycles. The number of thiophene rings is 1. The minimum atomic E-state index is -0.691. The molecule has 39 heavy (non-hydrogen) atoms. The lowest BCUT2D eigenvalue weighted by Crippen LogP contribution is -2.49. The molecule has 3 aromatic heterocycles. The Morgan fingerprint density at radius 1 is 1.05 bits per heavy atom. The molecular formula is C26H34N6O5S2. The highest BCUT2D eigenvalue weighted by atomic mass is 32.1. The van der Waals surface area contributed by atoms with E-state index in [2.05, 4.69) is 30.2 Å². The van der Waals surface area contributed by atoms with E-state index in [-0.39, 0.29) is 11.6 Å². The van der Waals surface area contributed by atoms with Crippen LogP contribution in [0.3, 0.4) is 0 Å². The topological polar surface area (TPSA) is 135 Å². The molecule has 1 aliphatic heterocycles. The van der Waals surface area contributed by atoms with Gasteiger partial charge in [0.2, 0.25) is 0 Å². The van der Waals surface area contributed by atoms with E-state index in [1.807, 2.05) is 26.8 Å². The molecule has 3 N–H and O–H groups in total. The summed E-state index contributed by atoms with van der Waals surface area (Å²) in [4.78, 5) is 44.9. The number of hydrogen-bond acceptors (Lipinski definition) is 10. The SMILES string of the molecule is CC(C)(C)OC(=O)Nc1sc2cccnc2c1C(=O)Nc1cnsc1N1CCC[C@H](NC(=O)OC(C)(C)C)C1. The van der Waals surface area contributed by atoms with Gasteiger partial charge in [-0.3, -0.25) is 15.1 Å². The smallest absolute Gasteiger partial charge is 0.412 e. The molecule has 3 amide bonds. The van der Waals surface area contributed by atoms with Crippen LogP contribution in [0.1, 0.15) is 64.7 Å².